The van der Waals surface area contributed by atoms with Gasteiger partial charge in [0, 0.05) is 34.4 Å². The Morgan fingerprint density at radius 1 is 1.44 bits per heavy atom. The zero-order valence-electron chi connectivity index (χ0n) is 13.6. The van der Waals surface area contributed by atoms with Crippen LogP contribution in [0.25, 0.3) is 0 Å². The highest BCUT2D eigenvalue weighted by Gasteiger charge is 2.31. The van der Waals surface area contributed by atoms with Gasteiger partial charge in [0.15, 0.2) is 0 Å². The van der Waals surface area contributed by atoms with Crippen LogP contribution in [0.2, 0.25) is 0 Å². The van der Waals surface area contributed by atoms with Crippen LogP contribution in [0.5, 0.6) is 0 Å². The highest BCUT2D eigenvalue weighted by Crippen LogP contribution is 2.26. The standard InChI is InChI=1S/C17H18BrN3O3S/c18-12-7-15(25-10-12)17(23)20-4-1-2-13(20)8-21-16(22)6-11-9-24-5-3-14(11)19-21/h6-7,10,13H,1-5,8-9H2. The molecule has 4 rings (SSSR count). The summed E-state index contributed by atoms with van der Waals surface area (Å²) in [5, 5.41) is 6.44. The molecule has 0 radical (unpaired) electrons. The van der Waals surface area contributed by atoms with Crippen molar-refractivity contribution in [2.45, 2.75) is 38.5 Å². The van der Waals surface area contributed by atoms with E-state index in [0.717, 1.165) is 46.4 Å². The van der Waals surface area contributed by atoms with E-state index >= 15 is 0 Å². The van der Waals surface area contributed by atoms with E-state index in [4.69, 9.17) is 4.74 Å². The number of fused-ring (bicyclic) bond motifs is 1. The van der Waals surface area contributed by atoms with E-state index in [9.17, 15) is 9.59 Å². The lowest BCUT2D eigenvalue weighted by molar-refractivity contribution is 0.0724. The minimum Gasteiger partial charge on any atom is -0.376 e. The highest BCUT2D eigenvalue weighted by atomic mass is 79.9. The second kappa shape index (κ2) is 7.01. The maximum Gasteiger partial charge on any atom is 0.267 e. The molecule has 2 aliphatic heterocycles. The molecule has 0 N–H and O–H groups in total. The topological polar surface area (TPSA) is 64.4 Å². The zero-order chi connectivity index (χ0) is 17.4. The smallest absolute Gasteiger partial charge is 0.267 e. The van der Waals surface area contributed by atoms with E-state index in [1.807, 2.05) is 16.3 Å². The van der Waals surface area contributed by atoms with Crippen molar-refractivity contribution < 1.29 is 9.53 Å². The molecule has 1 atom stereocenters. The molecular formula is C17H18BrN3O3S. The minimum atomic E-state index is -0.123. The van der Waals surface area contributed by atoms with Gasteiger partial charge in [0.05, 0.1) is 36.4 Å². The van der Waals surface area contributed by atoms with E-state index in [1.54, 1.807) is 6.07 Å². The van der Waals surface area contributed by atoms with Crippen molar-refractivity contribution in [2.75, 3.05) is 13.2 Å². The van der Waals surface area contributed by atoms with E-state index in [-0.39, 0.29) is 17.5 Å². The summed E-state index contributed by atoms with van der Waals surface area (Å²) in [6, 6.07) is 3.49. The Bertz CT molecular complexity index is 863. The Labute approximate surface area is 157 Å². The van der Waals surface area contributed by atoms with Gasteiger partial charge in [-0.15, -0.1) is 11.3 Å². The molecule has 2 aromatic heterocycles. The molecule has 132 valence electrons. The summed E-state index contributed by atoms with van der Waals surface area (Å²) in [4.78, 5) is 27.7. The molecule has 25 heavy (non-hydrogen) atoms. The van der Waals surface area contributed by atoms with Crippen LogP contribution in [0, 0.1) is 0 Å². The van der Waals surface area contributed by atoms with Crippen LogP contribution in [-0.2, 0) is 24.3 Å². The number of ether oxygens (including phenoxy) is 1. The molecule has 0 saturated carbocycles. The molecule has 4 heterocycles. The highest BCUT2D eigenvalue weighted by molar-refractivity contribution is 9.10. The summed E-state index contributed by atoms with van der Waals surface area (Å²) in [6.07, 6.45) is 2.58. The number of carbonyl (C=O) groups is 1. The third-order valence-corrected chi connectivity index (χ3v) is 6.38. The average Bonchev–Trinajstić information content (AvgIpc) is 3.24. The van der Waals surface area contributed by atoms with Crippen molar-refractivity contribution in [3.05, 3.63) is 48.5 Å². The van der Waals surface area contributed by atoms with Crippen molar-refractivity contribution in [2.24, 2.45) is 0 Å². The lowest BCUT2D eigenvalue weighted by Gasteiger charge is -2.25. The van der Waals surface area contributed by atoms with Gasteiger partial charge in [0.25, 0.3) is 11.5 Å². The third-order valence-electron chi connectivity index (χ3n) is 4.70. The quantitative estimate of drug-likeness (QED) is 0.760. The minimum absolute atomic E-state index is 0.0106. The fourth-order valence-electron chi connectivity index (χ4n) is 3.44. The first-order valence-corrected chi connectivity index (χ1v) is 10.0. The molecule has 2 aliphatic rings. The van der Waals surface area contributed by atoms with Crippen LogP contribution in [0.4, 0.5) is 0 Å². The normalized spacial score (nSPS) is 19.9. The Hall–Kier alpha value is -1.51. The fourth-order valence-corrected chi connectivity index (χ4v) is 4.82. The molecule has 0 aromatic carbocycles. The van der Waals surface area contributed by atoms with Crippen LogP contribution in [0.1, 0.15) is 33.8 Å². The summed E-state index contributed by atoms with van der Waals surface area (Å²) in [5.74, 6) is 0.0395. The SMILES string of the molecule is O=C(c1cc(Br)cs1)N1CCCC1Cn1nc2c(cc1=O)COCC2. The van der Waals surface area contributed by atoms with Crippen LogP contribution in [0.3, 0.4) is 0 Å². The predicted molar refractivity (Wildman–Crippen MR) is 97.9 cm³/mol. The van der Waals surface area contributed by atoms with Crippen molar-refractivity contribution >= 4 is 33.2 Å². The zero-order valence-corrected chi connectivity index (χ0v) is 16.0. The first kappa shape index (κ1) is 16.9. The molecule has 2 aromatic rings. The van der Waals surface area contributed by atoms with Crippen LogP contribution in [0.15, 0.2) is 26.8 Å². The molecule has 6 nitrogen and oxygen atoms in total. The number of rotatable bonds is 3. The monoisotopic (exact) mass is 423 g/mol. The van der Waals surface area contributed by atoms with Gasteiger partial charge in [-0.2, -0.15) is 5.10 Å². The average molecular weight is 424 g/mol. The lowest BCUT2D eigenvalue weighted by atomic mass is 10.1. The summed E-state index contributed by atoms with van der Waals surface area (Å²) < 4.78 is 7.82. The second-order valence-electron chi connectivity index (χ2n) is 6.36. The molecule has 0 bridgehead atoms. The summed E-state index contributed by atoms with van der Waals surface area (Å²) >= 11 is 4.83. The van der Waals surface area contributed by atoms with Gasteiger partial charge < -0.3 is 9.64 Å². The molecule has 0 spiro atoms. The van der Waals surface area contributed by atoms with Gasteiger partial charge in [-0.05, 0) is 34.8 Å². The number of halogens is 1. The molecule has 1 amide bonds. The predicted octanol–water partition coefficient (Wildman–Crippen LogP) is 2.44. The number of nitrogens with zero attached hydrogens (tertiary/aromatic N) is 3. The maximum absolute atomic E-state index is 12.8. The first-order valence-electron chi connectivity index (χ1n) is 8.34. The van der Waals surface area contributed by atoms with Gasteiger partial charge >= 0.3 is 0 Å². The lowest BCUT2D eigenvalue weighted by Crippen LogP contribution is -2.41. The van der Waals surface area contributed by atoms with Crippen LogP contribution >= 0.6 is 27.3 Å². The molecular weight excluding hydrogens is 406 g/mol. The van der Waals surface area contributed by atoms with Gasteiger partial charge in [0.1, 0.15) is 0 Å². The van der Waals surface area contributed by atoms with E-state index in [0.29, 0.717) is 19.8 Å². The number of thiophene rings is 1. The Balaban J connectivity index is 1.55. The van der Waals surface area contributed by atoms with Gasteiger partial charge in [-0.1, -0.05) is 0 Å². The van der Waals surface area contributed by atoms with Gasteiger partial charge in [0.2, 0.25) is 0 Å². The van der Waals surface area contributed by atoms with Gasteiger partial charge in [-0.25, -0.2) is 4.68 Å². The van der Waals surface area contributed by atoms with Gasteiger partial charge in [-0.3, -0.25) is 9.59 Å². The fraction of sp³-hybridized carbons (Fsp3) is 0.471. The third kappa shape index (κ3) is 3.43. The molecule has 1 fully saturated rings. The molecule has 8 heteroatoms. The van der Waals surface area contributed by atoms with Crippen LogP contribution < -0.4 is 5.56 Å². The largest absolute Gasteiger partial charge is 0.376 e. The van der Waals surface area contributed by atoms with Crippen LogP contribution in [-0.4, -0.2) is 39.8 Å². The Morgan fingerprint density at radius 3 is 3.12 bits per heavy atom. The Kier molecular flexibility index (Phi) is 4.75. The number of hydrogen-bond acceptors (Lipinski definition) is 5. The van der Waals surface area contributed by atoms with Crippen molar-refractivity contribution in [1.29, 1.82) is 0 Å². The molecule has 0 aliphatic carbocycles. The first-order chi connectivity index (χ1) is 12.1. The van der Waals surface area contributed by atoms with Crippen molar-refractivity contribution in [1.82, 2.24) is 14.7 Å². The summed E-state index contributed by atoms with van der Waals surface area (Å²) in [5.41, 5.74) is 1.70. The van der Waals surface area contributed by atoms with E-state index < -0.39 is 0 Å². The summed E-state index contributed by atoms with van der Waals surface area (Å²) in [7, 11) is 0. The second-order valence-corrected chi connectivity index (χ2v) is 8.19. The number of carbonyl (C=O) groups excluding carboxylic acids is 1. The van der Waals surface area contributed by atoms with E-state index in [2.05, 4.69) is 21.0 Å². The summed E-state index contributed by atoms with van der Waals surface area (Å²) in [6.45, 7) is 2.27. The Morgan fingerprint density at radius 2 is 2.32 bits per heavy atom. The molecule has 1 unspecified atom stereocenters. The number of amides is 1. The number of likely N-dealkylation sites (tertiary alicyclic amines) is 1. The maximum atomic E-state index is 12.8. The number of hydrogen-bond donors (Lipinski definition) is 0. The van der Waals surface area contributed by atoms with Crippen molar-refractivity contribution in [3.8, 4) is 0 Å². The van der Waals surface area contributed by atoms with E-state index in [1.165, 1.54) is 16.0 Å². The van der Waals surface area contributed by atoms with Crippen molar-refractivity contribution in [3.63, 3.8) is 0 Å². The molecule has 1 saturated heterocycles. The number of aromatic nitrogens is 2.